The average Bonchev–Trinajstić information content (AvgIpc) is 3.11. The third kappa shape index (κ3) is 3.80. The van der Waals surface area contributed by atoms with E-state index in [1.165, 1.54) is 21.6 Å². The molecule has 1 aliphatic rings. The molecule has 24 heavy (non-hydrogen) atoms. The molecule has 0 bridgehead atoms. The fourth-order valence-corrected chi connectivity index (χ4v) is 3.92. The number of carbonyl (C=O) groups excluding carboxylic acids is 1. The molecule has 0 N–H and O–H groups in total. The lowest BCUT2D eigenvalue weighted by molar-refractivity contribution is 0.0288. The van der Waals surface area contributed by atoms with Crippen LogP contribution in [0.4, 0.5) is 10.6 Å². The van der Waals surface area contributed by atoms with Crippen LogP contribution in [0.25, 0.3) is 10.1 Å². The molecule has 2 aromatic rings. The van der Waals surface area contributed by atoms with E-state index in [2.05, 4.69) is 28.5 Å². The number of rotatable bonds is 3. The number of aromatic nitrogens is 1. The summed E-state index contributed by atoms with van der Waals surface area (Å²) < 4.78 is 11.3. The van der Waals surface area contributed by atoms with Gasteiger partial charge in [-0.3, -0.25) is 0 Å². The number of hydrogen-bond donors (Lipinski definition) is 0. The molecule has 1 aromatic carbocycles. The maximum absolute atomic E-state index is 12.2. The molecule has 2 heterocycles. The SMILES string of the molecule is CN(CC1CCN(C(=O)OC(C)(C)C)C1)c1nsc2ccccc12. The number of ether oxygens (including phenoxy) is 1. The smallest absolute Gasteiger partial charge is 0.410 e. The van der Waals surface area contributed by atoms with Crippen LogP contribution in [0.5, 0.6) is 0 Å². The highest BCUT2D eigenvalue weighted by atomic mass is 32.1. The molecular formula is C18H25N3O2S. The molecule has 1 saturated heterocycles. The minimum Gasteiger partial charge on any atom is -0.444 e. The normalized spacial score (nSPS) is 18.2. The number of fused-ring (bicyclic) bond motifs is 1. The van der Waals surface area contributed by atoms with Crippen LogP contribution in [0.1, 0.15) is 27.2 Å². The van der Waals surface area contributed by atoms with Gasteiger partial charge in [0.1, 0.15) is 11.4 Å². The first-order valence-corrected chi connectivity index (χ1v) is 9.14. The molecule has 1 aliphatic heterocycles. The molecule has 1 amide bonds. The maximum atomic E-state index is 12.2. The Balaban J connectivity index is 1.60. The van der Waals surface area contributed by atoms with Crippen molar-refractivity contribution in [2.24, 2.45) is 5.92 Å². The van der Waals surface area contributed by atoms with Crippen molar-refractivity contribution in [3.05, 3.63) is 24.3 Å². The second-order valence-electron chi connectivity index (χ2n) is 7.46. The molecule has 0 radical (unpaired) electrons. The summed E-state index contributed by atoms with van der Waals surface area (Å²) in [4.78, 5) is 16.2. The largest absolute Gasteiger partial charge is 0.444 e. The van der Waals surface area contributed by atoms with Gasteiger partial charge >= 0.3 is 6.09 Å². The lowest BCUT2D eigenvalue weighted by Crippen LogP contribution is -2.36. The number of anilines is 1. The first-order chi connectivity index (χ1) is 11.3. The van der Waals surface area contributed by atoms with Crippen molar-refractivity contribution < 1.29 is 9.53 Å². The van der Waals surface area contributed by atoms with Crippen molar-refractivity contribution in [3.63, 3.8) is 0 Å². The van der Waals surface area contributed by atoms with Crippen LogP contribution in [-0.2, 0) is 4.74 Å². The van der Waals surface area contributed by atoms with Crippen LogP contribution in [0.3, 0.4) is 0 Å². The molecule has 5 nitrogen and oxygen atoms in total. The van der Waals surface area contributed by atoms with Gasteiger partial charge in [-0.15, -0.1) is 0 Å². The lowest BCUT2D eigenvalue weighted by Gasteiger charge is -2.25. The van der Waals surface area contributed by atoms with Crippen LogP contribution in [0.15, 0.2) is 24.3 Å². The fraction of sp³-hybridized carbons (Fsp3) is 0.556. The fourth-order valence-electron chi connectivity index (χ4n) is 3.10. The summed E-state index contributed by atoms with van der Waals surface area (Å²) in [5.41, 5.74) is -0.439. The van der Waals surface area contributed by atoms with E-state index in [4.69, 9.17) is 4.74 Å². The molecule has 1 unspecified atom stereocenters. The van der Waals surface area contributed by atoms with Gasteiger partial charge in [0.25, 0.3) is 0 Å². The van der Waals surface area contributed by atoms with Gasteiger partial charge in [-0.1, -0.05) is 12.1 Å². The number of hydrogen-bond acceptors (Lipinski definition) is 5. The molecule has 0 aliphatic carbocycles. The minimum absolute atomic E-state index is 0.202. The number of carbonyl (C=O) groups is 1. The Morgan fingerprint density at radius 1 is 1.42 bits per heavy atom. The number of amides is 1. The van der Waals surface area contributed by atoms with Crippen molar-refractivity contribution in [2.75, 3.05) is 31.6 Å². The van der Waals surface area contributed by atoms with E-state index in [1.54, 1.807) is 0 Å². The van der Waals surface area contributed by atoms with E-state index in [9.17, 15) is 4.79 Å². The molecule has 130 valence electrons. The predicted octanol–water partition coefficient (Wildman–Crippen LogP) is 3.99. The zero-order valence-corrected chi connectivity index (χ0v) is 15.6. The van der Waals surface area contributed by atoms with Crippen LogP contribution < -0.4 is 4.90 Å². The van der Waals surface area contributed by atoms with Crippen LogP contribution in [-0.4, -0.2) is 47.6 Å². The standard InChI is InChI=1S/C18H25N3O2S/c1-18(2,3)23-17(22)21-10-9-13(12-21)11-20(4)16-14-7-5-6-8-15(14)24-19-16/h5-8,13H,9-12H2,1-4H3. The van der Waals surface area contributed by atoms with E-state index >= 15 is 0 Å². The average molecular weight is 347 g/mol. The van der Waals surface area contributed by atoms with E-state index in [0.29, 0.717) is 5.92 Å². The number of likely N-dealkylation sites (tertiary alicyclic amines) is 1. The van der Waals surface area contributed by atoms with Crippen molar-refractivity contribution in [1.82, 2.24) is 9.27 Å². The Labute approximate surface area is 147 Å². The Hall–Kier alpha value is -1.82. The third-order valence-corrected chi connectivity index (χ3v) is 5.01. The summed E-state index contributed by atoms with van der Waals surface area (Å²) in [6, 6.07) is 8.31. The van der Waals surface area contributed by atoms with Crippen LogP contribution in [0, 0.1) is 5.92 Å². The summed E-state index contributed by atoms with van der Waals surface area (Å²) in [5, 5.41) is 1.20. The molecule has 1 atom stereocenters. The molecular weight excluding hydrogens is 322 g/mol. The van der Waals surface area contributed by atoms with Crippen molar-refractivity contribution >= 4 is 33.5 Å². The highest BCUT2D eigenvalue weighted by Crippen LogP contribution is 2.30. The first-order valence-electron chi connectivity index (χ1n) is 8.37. The molecule has 3 rings (SSSR count). The van der Waals surface area contributed by atoms with Crippen LogP contribution >= 0.6 is 11.5 Å². The Morgan fingerprint density at radius 3 is 2.92 bits per heavy atom. The van der Waals surface area contributed by atoms with E-state index < -0.39 is 5.60 Å². The van der Waals surface area contributed by atoms with Crippen molar-refractivity contribution in [3.8, 4) is 0 Å². The Kier molecular flexibility index (Phi) is 4.67. The molecule has 0 saturated carbocycles. The summed E-state index contributed by atoms with van der Waals surface area (Å²) in [7, 11) is 2.08. The summed E-state index contributed by atoms with van der Waals surface area (Å²) >= 11 is 1.54. The molecule has 6 heteroatoms. The second-order valence-corrected chi connectivity index (χ2v) is 8.27. The van der Waals surface area contributed by atoms with Gasteiger partial charge in [-0.25, -0.2) is 4.79 Å². The zero-order chi connectivity index (χ0) is 17.3. The quantitative estimate of drug-likeness (QED) is 0.842. The highest BCUT2D eigenvalue weighted by Gasteiger charge is 2.30. The Morgan fingerprint density at radius 2 is 2.17 bits per heavy atom. The third-order valence-electron chi connectivity index (χ3n) is 4.19. The number of nitrogens with zero attached hydrogens (tertiary/aromatic N) is 3. The van der Waals surface area contributed by atoms with Crippen molar-refractivity contribution in [2.45, 2.75) is 32.8 Å². The molecule has 1 fully saturated rings. The second kappa shape index (κ2) is 6.59. The van der Waals surface area contributed by atoms with E-state index in [1.807, 2.05) is 37.8 Å². The minimum atomic E-state index is -0.439. The van der Waals surface area contributed by atoms with E-state index in [-0.39, 0.29) is 6.09 Å². The summed E-state index contributed by atoms with van der Waals surface area (Å²) in [6.07, 6.45) is 0.804. The summed E-state index contributed by atoms with van der Waals surface area (Å²) in [5.74, 6) is 1.48. The van der Waals surface area contributed by atoms with Gasteiger partial charge in [0.2, 0.25) is 0 Å². The first kappa shape index (κ1) is 17.0. The summed E-state index contributed by atoms with van der Waals surface area (Å²) in [6.45, 7) is 8.12. The number of benzene rings is 1. The predicted molar refractivity (Wildman–Crippen MR) is 98.8 cm³/mol. The topological polar surface area (TPSA) is 45.7 Å². The molecule has 0 spiro atoms. The zero-order valence-electron chi connectivity index (χ0n) is 14.8. The van der Waals surface area contributed by atoms with E-state index in [0.717, 1.165) is 31.9 Å². The van der Waals surface area contributed by atoms with Gasteiger partial charge in [-0.2, -0.15) is 4.37 Å². The molecule has 1 aromatic heterocycles. The van der Waals surface area contributed by atoms with Crippen molar-refractivity contribution in [1.29, 1.82) is 0 Å². The lowest BCUT2D eigenvalue weighted by atomic mass is 10.1. The monoisotopic (exact) mass is 347 g/mol. The Bertz CT molecular complexity index is 722. The van der Waals surface area contributed by atoms with Gasteiger partial charge < -0.3 is 14.5 Å². The van der Waals surface area contributed by atoms with Gasteiger partial charge in [0, 0.05) is 32.1 Å². The van der Waals surface area contributed by atoms with Gasteiger partial charge in [-0.05, 0) is 56.8 Å². The maximum Gasteiger partial charge on any atom is 0.410 e. The van der Waals surface area contributed by atoms with Crippen LogP contribution in [0.2, 0.25) is 0 Å². The van der Waals surface area contributed by atoms with Gasteiger partial charge in [0.15, 0.2) is 0 Å². The van der Waals surface area contributed by atoms with Gasteiger partial charge in [0.05, 0.1) is 4.70 Å². The highest BCUT2D eigenvalue weighted by molar-refractivity contribution is 7.13.